The molecule has 0 aliphatic heterocycles. The molecule has 0 spiro atoms. The number of nitrogens with one attached hydrogen (secondary N) is 1. The maximum Gasteiger partial charge on any atom is 0.246 e. The summed E-state index contributed by atoms with van der Waals surface area (Å²) in [7, 11) is 0. The van der Waals surface area contributed by atoms with Crippen LogP contribution in [0.2, 0.25) is 0 Å². The predicted octanol–water partition coefficient (Wildman–Crippen LogP) is 6.94. The maximum absolute atomic E-state index is 11.3. The standard InChI is InChI=1S/C22H43NO/c1-4-5-6-7-8-9-10-11-12-13-14-15-16-17-18-19-20-23-22(24)21(2)3/h2,4-20H2,1,3H3,(H,23,24). The summed E-state index contributed by atoms with van der Waals surface area (Å²) in [6, 6.07) is 0. The second kappa shape index (κ2) is 18.5. The van der Waals surface area contributed by atoms with Gasteiger partial charge in [0.25, 0.3) is 0 Å². The highest BCUT2D eigenvalue weighted by Crippen LogP contribution is 2.13. The van der Waals surface area contributed by atoms with Gasteiger partial charge in [-0.05, 0) is 13.3 Å². The van der Waals surface area contributed by atoms with Crippen LogP contribution in [0, 0.1) is 0 Å². The lowest BCUT2D eigenvalue weighted by Crippen LogP contribution is -2.24. The summed E-state index contributed by atoms with van der Waals surface area (Å²) in [5, 5.41) is 2.89. The number of hydrogen-bond donors (Lipinski definition) is 1. The molecule has 142 valence electrons. The van der Waals surface area contributed by atoms with Gasteiger partial charge >= 0.3 is 0 Å². The van der Waals surface area contributed by atoms with Gasteiger partial charge in [-0.15, -0.1) is 0 Å². The lowest BCUT2D eigenvalue weighted by molar-refractivity contribution is -0.117. The van der Waals surface area contributed by atoms with Crippen molar-refractivity contribution >= 4 is 5.91 Å². The third-order valence-electron chi connectivity index (χ3n) is 4.70. The van der Waals surface area contributed by atoms with Crippen LogP contribution in [0.4, 0.5) is 0 Å². The molecule has 0 aromatic heterocycles. The molecule has 0 fully saturated rings. The van der Waals surface area contributed by atoms with Crippen LogP contribution in [0.1, 0.15) is 117 Å². The van der Waals surface area contributed by atoms with Gasteiger partial charge in [-0.25, -0.2) is 0 Å². The van der Waals surface area contributed by atoms with Crippen molar-refractivity contribution in [2.45, 2.75) is 117 Å². The average Bonchev–Trinajstić information content (AvgIpc) is 2.57. The highest BCUT2D eigenvalue weighted by atomic mass is 16.1. The third kappa shape index (κ3) is 17.6. The molecule has 0 aromatic rings. The SMILES string of the molecule is C=C(C)C(=O)NCCCCCCCCCCCCCCCCCC. The Morgan fingerprint density at radius 2 is 1.00 bits per heavy atom. The van der Waals surface area contributed by atoms with Crippen molar-refractivity contribution in [1.82, 2.24) is 5.32 Å². The van der Waals surface area contributed by atoms with Gasteiger partial charge in [0.15, 0.2) is 0 Å². The maximum atomic E-state index is 11.3. The van der Waals surface area contributed by atoms with Gasteiger partial charge < -0.3 is 5.32 Å². The quantitative estimate of drug-likeness (QED) is 0.213. The van der Waals surface area contributed by atoms with Crippen LogP contribution in [-0.2, 0) is 4.79 Å². The van der Waals surface area contributed by atoms with Crippen LogP contribution in [0.15, 0.2) is 12.2 Å². The molecule has 0 bridgehead atoms. The summed E-state index contributed by atoms with van der Waals surface area (Å²) >= 11 is 0. The van der Waals surface area contributed by atoms with Crippen molar-refractivity contribution < 1.29 is 4.79 Å². The predicted molar refractivity (Wildman–Crippen MR) is 107 cm³/mol. The van der Waals surface area contributed by atoms with E-state index in [0.717, 1.165) is 13.0 Å². The second-order valence-electron chi connectivity index (χ2n) is 7.34. The van der Waals surface area contributed by atoms with Gasteiger partial charge in [0, 0.05) is 12.1 Å². The van der Waals surface area contributed by atoms with Gasteiger partial charge in [-0.1, -0.05) is 110 Å². The van der Waals surface area contributed by atoms with Crippen molar-refractivity contribution in [2.75, 3.05) is 6.54 Å². The van der Waals surface area contributed by atoms with E-state index < -0.39 is 0 Å². The van der Waals surface area contributed by atoms with Crippen LogP contribution < -0.4 is 5.32 Å². The van der Waals surface area contributed by atoms with Crippen LogP contribution in [0.25, 0.3) is 0 Å². The smallest absolute Gasteiger partial charge is 0.246 e. The van der Waals surface area contributed by atoms with Crippen LogP contribution in [-0.4, -0.2) is 12.5 Å². The fourth-order valence-electron chi connectivity index (χ4n) is 3.03. The Morgan fingerprint density at radius 3 is 1.33 bits per heavy atom. The minimum absolute atomic E-state index is 0.00374. The van der Waals surface area contributed by atoms with Crippen molar-refractivity contribution in [3.63, 3.8) is 0 Å². The number of amides is 1. The molecule has 0 aliphatic rings. The molecule has 0 unspecified atom stereocenters. The normalized spacial score (nSPS) is 10.8. The zero-order valence-electron chi connectivity index (χ0n) is 16.6. The molecule has 1 N–H and O–H groups in total. The van der Waals surface area contributed by atoms with Crippen LogP contribution >= 0.6 is 0 Å². The summed E-state index contributed by atoms with van der Waals surface area (Å²) in [5.41, 5.74) is 0.603. The lowest BCUT2D eigenvalue weighted by Gasteiger charge is -2.05. The van der Waals surface area contributed by atoms with Crippen molar-refractivity contribution in [2.24, 2.45) is 0 Å². The van der Waals surface area contributed by atoms with Crippen molar-refractivity contribution in [3.8, 4) is 0 Å². The summed E-state index contributed by atoms with van der Waals surface area (Å²) in [5.74, 6) is -0.00374. The Kier molecular flexibility index (Phi) is 17.9. The number of hydrogen-bond acceptors (Lipinski definition) is 1. The molecule has 0 saturated heterocycles. The Morgan fingerprint density at radius 1 is 0.667 bits per heavy atom. The first kappa shape index (κ1) is 23.2. The first-order chi connectivity index (χ1) is 11.7. The van der Waals surface area contributed by atoms with E-state index in [-0.39, 0.29) is 5.91 Å². The van der Waals surface area contributed by atoms with E-state index in [4.69, 9.17) is 0 Å². The molecule has 0 heterocycles. The average molecular weight is 338 g/mol. The highest BCUT2D eigenvalue weighted by Gasteiger charge is 1.99. The monoisotopic (exact) mass is 337 g/mol. The molecule has 0 radical (unpaired) electrons. The summed E-state index contributed by atoms with van der Waals surface area (Å²) in [6.07, 6.45) is 22.1. The fraction of sp³-hybridized carbons (Fsp3) is 0.864. The largest absolute Gasteiger partial charge is 0.352 e. The Hall–Kier alpha value is -0.790. The van der Waals surface area contributed by atoms with Crippen LogP contribution in [0.3, 0.4) is 0 Å². The topological polar surface area (TPSA) is 29.1 Å². The minimum atomic E-state index is -0.00374. The van der Waals surface area contributed by atoms with E-state index >= 15 is 0 Å². The number of rotatable bonds is 18. The van der Waals surface area contributed by atoms with E-state index in [2.05, 4.69) is 18.8 Å². The molecular weight excluding hydrogens is 294 g/mol. The molecular formula is C22H43NO. The zero-order chi connectivity index (χ0) is 17.9. The summed E-state index contributed by atoms with van der Waals surface area (Å²) in [4.78, 5) is 11.3. The Balaban J connectivity index is 3.05. The number of unbranched alkanes of at least 4 members (excludes halogenated alkanes) is 15. The summed E-state index contributed by atoms with van der Waals surface area (Å²) in [6.45, 7) is 8.47. The molecule has 24 heavy (non-hydrogen) atoms. The highest BCUT2D eigenvalue weighted by molar-refractivity contribution is 5.91. The first-order valence-electron chi connectivity index (χ1n) is 10.6. The third-order valence-corrected chi connectivity index (χ3v) is 4.70. The molecule has 0 rings (SSSR count). The number of carbonyl (C=O) groups is 1. The van der Waals surface area contributed by atoms with Gasteiger partial charge in [0.2, 0.25) is 5.91 Å². The van der Waals surface area contributed by atoms with E-state index in [0.29, 0.717) is 5.57 Å². The molecule has 0 aromatic carbocycles. The van der Waals surface area contributed by atoms with E-state index in [1.54, 1.807) is 6.92 Å². The number of carbonyl (C=O) groups excluding carboxylic acids is 1. The fourth-order valence-corrected chi connectivity index (χ4v) is 3.03. The molecule has 0 atom stereocenters. The molecule has 0 aliphatic carbocycles. The molecule has 2 heteroatoms. The molecule has 1 amide bonds. The van der Waals surface area contributed by atoms with Gasteiger partial charge in [0.1, 0.15) is 0 Å². The van der Waals surface area contributed by atoms with Crippen LogP contribution in [0.5, 0.6) is 0 Å². The van der Waals surface area contributed by atoms with Crippen molar-refractivity contribution in [1.29, 1.82) is 0 Å². The van der Waals surface area contributed by atoms with Crippen molar-refractivity contribution in [3.05, 3.63) is 12.2 Å². The van der Waals surface area contributed by atoms with E-state index in [1.165, 1.54) is 96.3 Å². The van der Waals surface area contributed by atoms with E-state index in [1.807, 2.05) is 0 Å². The molecule has 0 saturated carbocycles. The van der Waals surface area contributed by atoms with Gasteiger partial charge in [-0.3, -0.25) is 4.79 Å². The van der Waals surface area contributed by atoms with E-state index in [9.17, 15) is 4.79 Å². The minimum Gasteiger partial charge on any atom is -0.352 e. The zero-order valence-corrected chi connectivity index (χ0v) is 16.6. The summed E-state index contributed by atoms with van der Waals surface area (Å²) < 4.78 is 0. The van der Waals surface area contributed by atoms with Gasteiger partial charge in [-0.2, -0.15) is 0 Å². The Labute approximate surface area is 151 Å². The first-order valence-corrected chi connectivity index (χ1v) is 10.6. The molecule has 2 nitrogen and oxygen atoms in total. The van der Waals surface area contributed by atoms with Gasteiger partial charge in [0.05, 0.1) is 0 Å². The second-order valence-corrected chi connectivity index (χ2v) is 7.34. The Bertz CT molecular complexity index is 298. The lowest BCUT2D eigenvalue weighted by atomic mass is 10.0.